The van der Waals surface area contributed by atoms with Crippen molar-refractivity contribution in [1.29, 1.82) is 0 Å². The number of imide groups is 1. The number of carbonyl (C=O) groups excluding carboxylic acids is 5. The van der Waals surface area contributed by atoms with E-state index in [9.17, 15) is 37.2 Å². The Kier molecular flexibility index (Phi) is 9.78. The number of aromatic nitrogens is 1. The number of primary amides is 1. The molecule has 0 saturated carbocycles. The number of nitrogens with two attached hydrogens (primary N) is 1. The highest BCUT2D eigenvalue weighted by Crippen LogP contribution is 2.33. The van der Waals surface area contributed by atoms with E-state index in [1.54, 1.807) is 53.3 Å². The lowest BCUT2D eigenvalue weighted by Crippen LogP contribution is -2.67. The molecule has 2 aliphatic heterocycles. The van der Waals surface area contributed by atoms with E-state index < -0.39 is 76.6 Å². The number of ether oxygens (including phenoxy) is 2. The Hall–Kier alpha value is -6.44. The third-order valence-electron chi connectivity index (χ3n) is 7.05. The first kappa shape index (κ1) is 33.9. The zero-order valence-corrected chi connectivity index (χ0v) is 26.1. The normalized spacial score (nSPS) is 15.7. The number of nitrogens with zero attached hydrogens (tertiary/aromatic N) is 4. The van der Waals surface area contributed by atoms with Crippen molar-refractivity contribution in [3.8, 4) is 11.5 Å². The first-order chi connectivity index (χ1) is 23.3. The van der Waals surface area contributed by atoms with E-state index in [1.807, 2.05) is 17.4 Å². The Balaban J connectivity index is 1.31. The Morgan fingerprint density at radius 3 is 2.12 bits per heavy atom. The summed E-state index contributed by atoms with van der Waals surface area (Å²) in [5.74, 6) is -3.32. The van der Waals surface area contributed by atoms with Gasteiger partial charge >= 0.3 is 28.4 Å². The van der Waals surface area contributed by atoms with E-state index in [4.69, 9.17) is 20.3 Å². The zero-order chi connectivity index (χ0) is 35.3. The van der Waals surface area contributed by atoms with E-state index in [1.165, 1.54) is 0 Å². The molecule has 2 saturated heterocycles. The number of benzene rings is 2. The maximum atomic E-state index is 13.3. The van der Waals surface area contributed by atoms with E-state index >= 15 is 0 Å². The van der Waals surface area contributed by atoms with E-state index in [2.05, 4.69) is 10.4 Å². The van der Waals surface area contributed by atoms with Crippen LogP contribution in [0.2, 0.25) is 0 Å². The van der Waals surface area contributed by atoms with Gasteiger partial charge in [-0.25, -0.2) is 33.4 Å². The fraction of sp³-hybridized carbons (Fsp3) is 0.207. The molecule has 5 rings (SSSR count). The first-order valence-corrected chi connectivity index (χ1v) is 15.7. The van der Waals surface area contributed by atoms with Gasteiger partial charge in [0.1, 0.15) is 24.9 Å². The molecule has 3 heterocycles. The molecule has 0 bridgehead atoms. The maximum absolute atomic E-state index is 13.3. The van der Waals surface area contributed by atoms with Crippen molar-refractivity contribution in [2.24, 2.45) is 5.73 Å². The molecule has 0 radical (unpaired) electrons. The molecule has 1 atom stereocenters. The maximum Gasteiger partial charge on any atom is 0.405 e. The van der Waals surface area contributed by atoms with Gasteiger partial charge in [-0.05, 0) is 11.1 Å². The van der Waals surface area contributed by atoms with Crippen LogP contribution in [0.4, 0.5) is 14.4 Å². The van der Waals surface area contributed by atoms with Crippen LogP contribution >= 0.6 is 0 Å². The highest BCUT2D eigenvalue weighted by Gasteiger charge is 2.45. The van der Waals surface area contributed by atoms with Crippen molar-refractivity contribution in [2.45, 2.75) is 19.3 Å². The second-order valence-corrected chi connectivity index (χ2v) is 12.0. The summed E-state index contributed by atoms with van der Waals surface area (Å²) >= 11 is 0. The zero-order valence-electron chi connectivity index (χ0n) is 25.3. The van der Waals surface area contributed by atoms with E-state index in [0.717, 1.165) is 17.2 Å². The molecule has 6 N–H and O–H groups in total. The number of carboxylic acid groups (broad SMARTS) is 1. The van der Waals surface area contributed by atoms with Gasteiger partial charge in [-0.1, -0.05) is 60.7 Å². The number of rotatable bonds is 12. The largest absolute Gasteiger partial charge is 0.485 e. The number of pyridine rings is 1. The summed E-state index contributed by atoms with van der Waals surface area (Å²) in [7, 11) is -4.87. The van der Waals surface area contributed by atoms with Crippen molar-refractivity contribution in [3.05, 3.63) is 89.2 Å². The summed E-state index contributed by atoms with van der Waals surface area (Å²) < 4.78 is 39.2. The Labute approximate surface area is 277 Å². The van der Waals surface area contributed by atoms with Gasteiger partial charge in [0, 0.05) is 6.07 Å². The SMILES string of the molecule is NC(=O)c1nc(C(=O)NN2CCN(S(=O)(=O)NC(=O)N3CC(NC(=O)O)C3=O)C2=O)cc(OCc2ccccc2)c1OCc1ccccc1. The fourth-order valence-corrected chi connectivity index (χ4v) is 5.68. The molecule has 2 fully saturated rings. The van der Waals surface area contributed by atoms with Crippen LogP contribution in [0.25, 0.3) is 0 Å². The van der Waals surface area contributed by atoms with Gasteiger partial charge in [0.15, 0.2) is 17.2 Å². The smallest absolute Gasteiger partial charge is 0.405 e. The third-order valence-corrected chi connectivity index (χ3v) is 8.41. The van der Waals surface area contributed by atoms with Crippen LogP contribution in [-0.2, 0) is 28.2 Å². The molecule has 8 amide bonds. The molecule has 1 unspecified atom stereocenters. The number of urea groups is 2. The summed E-state index contributed by atoms with van der Waals surface area (Å²) in [6.07, 6.45) is -1.51. The predicted octanol–water partition coefficient (Wildman–Crippen LogP) is 0.154. The molecule has 20 heteroatoms. The van der Waals surface area contributed by atoms with Gasteiger partial charge in [0.05, 0.1) is 19.6 Å². The number of hydrogen-bond acceptors (Lipinski definition) is 11. The van der Waals surface area contributed by atoms with Crippen LogP contribution in [0.15, 0.2) is 66.7 Å². The second-order valence-electron chi connectivity index (χ2n) is 10.4. The van der Waals surface area contributed by atoms with Gasteiger partial charge in [0.2, 0.25) is 0 Å². The van der Waals surface area contributed by atoms with Crippen molar-refractivity contribution in [3.63, 3.8) is 0 Å². The van der Waals surface area contributed by atoms with Crippen molar-refractivity contribution in [1.82, 2.24) is 34.7 Å². The average Bonchev–Trinajstić information content (AvgIpc) is 3.44. The van der Waals surface area contributed by atoms with Crippen molar-refractivity contribution >= 4 is 46.1 Å². The van der Waals surface area contributed by atoms with Crippen molar-refractivity contribution in [2.75, 3.05) is 19.6 Å². The minimum atomic E-state index is -4.87. The number of likely N-dealkylation sites (tertiary alicyclic amines) is 1. The minimum Gasteiger partial charge on any atom is -0.485 e. The second kappa shape index (κ2) is 14.1. The standard InChI is InChI=1S/C29H28N8O11S/c30-24(38)22-23(48-16-18-9-5-2-6-10-18)21(47-15-17-7-3-1-4-8-17)13-19(31-22)25(39)33-36-11-12-37(29(36)44)49(45,46)34-27(41)35-14-20(26(35)40)32-28(42)43/h1-10,13,20,32H,11-12,14-16H2,(H2,30,38)(H,33,39)(H,34,41)(H,42,43). The Bertz CT molecular complexity index is 1910. The molecule has 256 valence electrons. The summed E-state index contributed by atoms with van der Waals surface area (Å²) in [4.78, 5) is 78.3. The van der Waals surface area contributed by atoms with Crippen LogP contribution in [0.3, 0.4) is 0 Å². The molecule has 19 nitrogen and oxygen atoms in total. The first-order valence-electron chi connectivity index (χ1n) is 14.3. The summed E-state index contributed by atoms with van der Waals surface area (Å²) in [5.41, 5.74) is 8.40. The molecule has 0 spiro atoms. The number of carbonyl (C=O) groups is 6. The number of hydrogen-bond donors (Lipinski definition) is 5. The summed E-state index contributed by atoms with van der Waals surface area (Å²) in [6.45, 7) is -1.34. The summed E-state index contributed by atoms with van der Waals surface area (Å²) in [6, 6.07) is 15.1. The molecule has 2 aliphatic rings. The highest BCUT2D eigenvalue weighted by molar-refractivity contribution is 7.88. The van der Waals surface area contributed by atoms with E-state index in [-0.39, 0.29) is 35.6 Å². The van der Waals surface area contributed by atoms with Gasteiger partial charge in [0.25, 0.3) is 17.7 Å². The molecular weight excluding hydrogens is 668 g/mol. The van der Waals surface area contributed by atoms with Crippen LogP contribution < -0.4 is 30.7 Å². The topological polar surface area (TPSA) is 260 Å². The lowest BCUT2D eigenvalue weighted by Gasteiger charge is -2.36. The van der Waals surface area contributed by atoms with Crippen LogP contribution in [-0.4, -0.2) is 94.3 Å². The number of β-lactam (4-membered cyclic amide) rings is 1. The molecule has 2 aromatic carbocycles. The van der Waals surface area contributed by atoms with Crippen LogP contribution in [0.5, 0.6) is 11.5 Å². The molecule has 49 heavy (non-hydrogen) atoms. The van der Waals surface area contributed by atoms with E-state index in [0.29, 0.717) is 9.91 Å². The average molecular weight is 697 g/mol. The van der Waals surface area contributed by atoms with Crippen molar-refractivity contribution < 1.29 is 51.8 Å². The minimum absolute atomic E-state index is 0.00524. The lowest BCUT2D eigenvalue weighted by atomic mass is 10.1. The Morgan fingerprint density at radius 1 is 0.939 bits per heavy atom. The quantitative estimate of drug-likeness (QED) is 0.159. The summed E-state index contributed by atoms with van der Waals surface area (Å²) in [5, 5.41) is 11.2. The molecular formula is C29H28N8O11S. The van der Waals surface area contributed by atoms with Crippen LogP contribution in [0.1, 0.15) is 32.1 Å². The fourth-order valence-electron chi connectivity index (χ4n) is 4.61. The number of hydrazine groups is 1. The number of amides is 8. The van der Waals surface area contributed by atoms with Gasteiger partial charge in [-0.15, -0.1) is 0 Å². The van der Waals surface area contributed by atoms with Crippen LogP contribution in [0, 0.1) is 0 Å². The van der Waals surface area contributed by atoms with Gasteiger partial charge in [-0.3, -0.25) is 24.7 Å². The van der Waals surface area contributed by atoms with Gasteiger partial charge < -0.3 is 25.6 Å². The molecule has 3 aromatic rings. The third kappa shape index (κ3) is 7.76. The predicted molar refractivity (Wildman–Crippen MR) is 165 cm³/mol. The Morgan fingerprint density at radius 2 is 1.55 bits per heavy atom. The molecule has 0 aliphatic carbocycles. The lowest BCUT2D eigenvalue weighted by molar-refractivity contribution is -0.139. The number of nitrogens with one attached hydrogen (secondary N) is 3. The highest BCUT2D eigenvalue weighted by atomic mass is 32.2. The molecule has 1 aromatic heterocycles. The monoisotopic (exact) mass is 696 g/mol. The van der Waals surface area contributed by atoms with Gasteiger partial charge in [-0.2, -0.15) is 8.42 Å².